The molecule has 4 heteroatoms. The molecule has 18 heavy (non-hydrogen) atoms. The van der Waals surface area contributed by atoms with Crippen molar-refractivity contribution in [3.05, 3.63) is 54.2 Å². The minimum absolute atomic E-state index is 0.258. The van der Waals surface area contributed by atoms with E-state index in [1.807, 2.05) is 29.6 Å². The Bertz CT molecular complexity index is 664. The molecule has 88 valence electrons. The summed E-state index contributed by atoms with van der Waals surface area (Å²) < 4.78 is 0. The van der Waals surface area contributed by atoms with Crippen molar-refractivity contribution in [2.45, 2.75) is 0 Å². The zero-order valence-corrected chi connectivity index (χ0v) is 10.3. The number of pyridine rings is 1. The van der Waals surface area contributed by atoms with Crippen LogP contribution in [0.2, 0.25) is 0 Å². The number of hydrogen-bond acceptors (Lipinski definition) is 4. The molecule has 0 aliphatic carbocycles. The summed E-state index contributed by atoms with van der Waals surface area (Å²) in [5.74, 6) is 0.258. The molecule has 3 nitrogen and oxygen atoms in total. The second-order valence-corrected chi connectivity index (χ2v) is 4.65. The quantitative estimate of drug-likeness (QED) is 0.760. The van der Waals surface area contributed by atoms with E-state index in [2.05, 4.69) is 9.97 Å². The summed E-state index contributed by atoms with van der Waals surface area (Å²) in [5, 5.41) is 12.6. The normalized spacial score (nSPS) is 10.4. The van der Waals surface area contributed by atoms with E-state index in [0.717, 1.165) is 21.8 Å². The van der Waals surface area contributed by atoms with Gasteiger partial charge >= 0.3 is 0 Å². The summed E-state index contributed by atoms with van der Waals surface area (Å²) in [7, 11) is 0. The molecule has 0 spiro atoms. The number of aromatic nitrogens is 2. The van der Waals surface area contributed by atoms with Crippen LogP contribution in [0.25, 0.3) is 21.8 Å². The van der Waals surface area contributed by atoms with E-state index in [4.69, 9.17) is 0 Å². The third-order valence-corrected chi connectivity index (χ3v) is 3.49. The standard InChI is InChI=1S/C14H10N2OS/c17-13-4-2-1-3-11(13)14-16-12(9-18-14)10-5-7-15-8-6-10/h1-9,17H. The van der Waals surface area contributed by atoms with Gasteiger partial charge in [0.05, 0.1) is 11.3 Å². The number of phenols is 1. The van der Waals surface area contributed by atoms with Gasteiger partial charge in [-0.05, 0) is 24.3 Å². The van der Waals surface area contributed by atoms with E-state index in [0.29, 0.717) is 0 Å². The fraction of sp³-hybridized carbons (Fsp3) is 0. The van der Waals surface area contributed by atoms with Gasteiger partial charge in [0.1, 0.15) is 10.8 Å². The number of hydrogen-bond donors (Lipinski definition) is 1. The van der Waals surface area contributed by atoms with Gasteiger partial charge in [0.2, 0.25) is 0 Å². The number of nitrogens with zero attached hydrogens (tertiary/aromatic N) is 2. The van der Waals surface area contributed by atoms with Gasteiger partial charge in [0.15, 0.2) is 0 Å². The van der Waals surface area contributed by atoms with E-state index in [1.165, 1.54) is 11.3 Å². The molecule has 0 radical (unpaired) electrons. The third-order valence-electron chi connectivity index (χ3n) is 2.61. The minimum atomic E-state index is 0.258. The van der Waals surface area contributed by atoms with Gasteiger partial charge in [-0.3, -0.25) is 4.98 Å². The first-order valence-electron chi connectivity index (χ1n) is 5.49. The van der Waals surface area contributed by atoms with Gasteiger partial charge in [-0.2, -0.15) is 0 Å². The summed E-state index contributed by atoms with van der Waals surface area (Å²) in [6.45, 7) is 0. The number of benzene rings is 1. The van der Waals surface area contributed by atoms with Gasteiger partial charge in [0, 0.05) is 23.3 Å². The van der Waals surface area contributed by atoms with Gasteiger partial charge in [-0.25, -0.2) is 4.98 Å². The first-order chi connectivity index (χ1) is 8.84. The highest BCUT2D eigenvalue weighted by Crippen LogP contribution is 2.33. The van der Waals surface area contributed by atoms with Crippen LogP contribution in [0.15, 0.2) is 54.2 Å². The molecule has 3 rings (SSSR count). The van der Waals surface area contributed by atoms with E-state index in [9.17, 15) is 5.11 Å². The third kappa shape index (κ3) is 1.98. The topological polar surface area (TPSA) is 46.0 Å². The Labute approximate surface area is 108 Å². The maximum atomic E-state index is 9.80. The van der Waals surface area contributed by atoms with Gasteiger partial charge in [0.25, 0.3) is 0 Å². The van der Waals surface area contributed by atoms with Crippen LogP contribution >= 0.6 is 11.3 Å². The van der Waals surface area contributed by atoms with Crippen LogP contribution < -0.4 is 0 Å². The van der Waals surface area contributed by atoms with Crippen molar-refractivity contribution in [1.82, 2.24) is 9.97 Å². The maximum Gasteiger partial charge on any atom is 0.127 e. The average Bonchev–Trinajstić information content (AvgIpc) is 2.90. The van der Waals surface area contributed by atoms with Crippen molar-refractivity contribution in [3.63, 3.8) is 0 Å². The predicted molar refractivity (Wildman–Crippen MR) is 72.4 cm³/mol. The van der Waals surface area contributed by atoms with Crippen LogP contribution in [0, 0.1) is 0 Å². The molecule has 0 saturated heterocycles. The van der Waals surface area contributed by atoms with E-state index in [1.54, 1.807) is 24.5 Å². The predicted octanol–water partition coefficient (Wildman–Crippen LogP) is 3.58. The Balaban J connectivity index is 2.03. The monoisotopic (exact) mass is 254 g/mol. The molecule has 0 unspecified atom stereocenters. The van der Waals surface area contributed by atoms with Crippen molar-refractivity contribution < 1.29 is 5.11 Å². The van der Waals surface area contributed by atoms with Gasteiger partial charge in [-0.15, -0.1) is 11.3 Å². The Hall–Kier alpha value is -2.20. The van der Waals surface area contributed by atoms with Crippen LogP contribution in [-0.2, 0) is 0 Å². The minimum Gasteiger partial charge on any atom is -0.507 e. The lowest BCUT2D eigenvalue weighted by atomic mass is 10.2. The van der Waals surface area contributed by atoms with Crippen molar-refractivity contribution in [3.8, 4) is 27.6 Å². The molecule has 0 saturated carbocycles. The van der Waals surface area contributed by atoms with Crippen LogP contribution in [-0.4, -0.2) is 15.1 Å². The summed E-state index contributed by atoms with van der Waals surface area (Å²) in [5.41, 5.74) is 2.70. The van der Waals surface area contributed by atoms with Crippen molar-refractivity contribution in [2.75, 3.05) is 0 Å². The number of para-hydroxylation sites is 1. The summed E-state index contributed by atoms with van der Waals surface area (Å²) in [6.07, 6.45) is 3.49. The molecule has 1 N–H and O–H groups in total. The highest BCUT2D eigenvalue weighted by molar-refractivity contribution is 7.13. The van der Waals surface area contributed by atoms with E-state index >= 15 is 0 Å². The van der Waals surface area contributed by atoms with Crippen LogP contribution in [0.4, 0.5) is 0 Å². The van der Waals surface area contributed by atoms with Crippen molar-refractivity contribution in [2.24, 2.45) is 0 Å². The lowest BCUT2D eigenvalue weighted by Gasteiger charge is -1.99. The van der Waals surface area contributed by atoms with Crippen molar-refractivity contribution >= 4 is 11.3 Å². The molecule has 0 aliphatic rings. The molecule has 2 heterocycles. The molecular weight excluding hydrogens is 244 g/mol. The number of phenolic OH excluding ortho intramolecular Hbond substituents is 1. The second-order valence-electron chi connectivity index (χ2n) is 3.79. The molecule has 0 atom stereocenters. The fourth-order valence-electron chi connectivity index (χ4n) is 1.71. The Morgan fingerprint density at radius 3 is 2.56 bits per heavy atom. The zero-order valence-electron chi connectivity index (χ0n) is 9.45. The van der Waals surface area contributed by atoms with E-state index in [-0.39, 0.29) is 5.75 Å². The fourth-order valence-corrected chi connectivity index (χ4v) is 2.57. The summed E-state index contributed by atoms with van der Waals surface area (Å²) >= 11 is 1.52. The molecular formula is C14H10N2OS. The number of aromatic hydroxyl groups is 1. The smallest absolute Gasteiger partial charge is 0.127 e. The highest BCUT2D eigenvalue weighted by Gasteiger charge is 2.09. The highest BCUT2D eigenvalue weighted by atomic mass is 32.1. The molecule has 1 aromatic carbocycles. The maximum absolute atomic E-state index is 9.80. The molecule has 0 bridgehead atoms. The second kappa shape index (κ2) is 4.58. The Morgan fingerprint density at radius 2 is 1.78 bits per heavy atom. The first kappa shape index (κ1) is 10.9. The molecule has 2 aromatic heterocycles. The summed E-state index contributed by atoms with van der Waals surface area (Å²) in [6, 6.07) is 11.1. The van der Waals surface area contributed by atoms with Crippen LogP contribution in [0.1, 0.15) is 0 Å². The zero-order chi connectivity index (χ0) is 12.4. The first-order valence-corrected chi connectivity index (χ1v) is 6.37. The van der Waals surface area contributed by atoms with Gasteiger partial charge in [-0.1, -0.05) is 12.1 Å². The average molecular weight is 254 g/mol. The molecule has 0 fully saturated rings. The molecule has 0 amide bonds. The summed E-state index contributed by atoms with van der Waals surface area (Å²) in [4.78, 5) is 8.53. The SMILES string of the molecule is Oc1ccccc1-c1nc(-c2ccncc2)cs1. The Morgan fingerprint density at radius 1 is 1.00 bits per heavy atom. The van der Waals surface area contributed by atoms with Crippen LogP contribution in [0.3, 0.4) is 0 Å². The lowest BCUT2D eigenvalue weighted by molar-refractivity contribution is 0.477. The van der Waals surface area contributed by atoms with Crippen molar-refractivity contribution in [1.29, 1.82) is 0 Å². The Kier molecular flexibility index (Phi) is 2.78. The number of rotatable bonds is 2. The van der Waals surface area contributed by atoms with Gasteiger partial charge < -0.3 is 5.11 Å². The lowest BCUT2D eigenvalue weighted by Crippen LogP contribution is -1.80. The molecule has 3 aromatic rings. The number of thiazole rings is 1. The van der Waals surface area contributed by atoms with Crippen LogP contribution in [0.5, 0.6) is 5.75 Å². The van der Waals surface area contributed by atoms with E-state index < -0.39 is 0 Å². The molecule has 0 aliphatic heterocycles. The largest absolute Gasteiger partial charge is 0.507 e.